The summed E-state index contributed by atoms with van der Waals surface area (Å²) in [5.41, 5.74) is -0.443. The van der Waals surface area contributed by atoms with Crippen LogP contribution in [0, 0.1) is 11.6 Å². The number of hydrogen-bond donors (Lipinski definition) is 1. The molecule has 1 N–H and O–H groups in total. The number of halogens is 2. The Labute approximate surface area is 126 Å². The number of amides is 1. The van der Waals surface area contributed by atoms with Gasteiger partial charge < -0.3 is 10.1 Å². The average molecular weight is 303 g/mol. The third-order valence-electron chi connectivity index (χ3n) is 4.01. The van der Waals surface area contributed by atoms with Crippen molar-refractivity contribution in [2.45, 2.75) is 18.3 Å². The number of hydrogen-bond acceptors (Lipinski definition) is 2. The first-order valence-corrected chi connectivity index (χ1v) is 6.97. The molecular formula is C17H15F2NO2. The van der Waals surface area contributed by atoms with E-state index in [4.69, 9.17) is 4.74 Å². The molecule has 0 heterocycles. The minimum absolute atomic E-state index is 0.409. The second-order valence-electron chi connectivity index (χ2n) is 5.33. The monoisotopic (exact) mass is 303 g/mol. The van der Waals surface area contributed by atoms with Crippen molar-refractivity contribution in [3.05, 3.63) is 59.7 Å². The molecule has 1 amide bonds. The summed E-state index contributed by atoms with van der Waals surface area (Å²) in [6.07, 6.45) is 1.24. The number of methoxy groups -OCH3 is 1. The highest BCUT2D eigenvalue weighted by Gasteiger charge is 2.53. The lowest BCUT2D eigenvalue weighted by atomic mass is 9.94. The number of carbonyl (C=O) groups excluding carboxylic acids is 1. The van der Waals surface area contributed by atoms with Crippen LogP contribution in [0.3, 0.4) is 0 Å². The molecule has 1 fully saturated rings. The van der Waals surface area contributed by atoms with Crippen molar-refractivity contribution in [1.29, 1.82) is 0 Å². The fraction of sp³-hybridized carbons (Fsp3) is 0.235. The molecule has 0 atom stereocenters. The maximum absolute atomic E-state index is 13.7. The molecule has 0 bridgehead atoms. The number of nitrogens with one attached hydrogen (secondary N) is 1. The van der Waals surface area contributed by atoms with Gasteiger partial charge in [-0.3, -0.25) is 4.79 Å². The highest BCUT2D eigenvalue weighted by molar-refractivity contribution is 6.02. The predicted octanol–water partition coefficient (Wildman–Crippen LogP) is 3.64. The van der Waals surface area contributed by atoms with Crippen LogP contribution in [-0.2, 0) is 10.2 Å². The lowest BCUT2D eigenvalue weighted by Crippen LogP contribution is -2.29. The zero-order chi connectivity index (χ0) is 15.7. The highest BCUT2D eigenvalue weighted by atomic mass is 19.1. The van der Waals surface area contributed by atoms with Gasteiger partial charge in [0.25, 0.3) is 0 Å². The SMILES string of the molecule is COc1ccccc1C1(C(=O)Nc2c(F)cccc2F)CC1. The third kappa shape index (κ3) is 2.32. The Morgan fingerprint density at radius 3 is 2.32 bits per heavy atom. The molecule has 0 spiro atoms. The van der Waals surface area contributed by atoms with Crippen molar-refractivity contribution < 1.29 is 18.3 Å². The minimum atomic E-state index is -0.788. The normalized spacial score (nSPS) is 15.2. The van der Waals surface area contributed by atoms with Gasteiger partial charge in [0.1, 0.15) is 23.1 Å². The zero-order valence-corrected chi connectivity index (χ0v) is 12.0. The fourth-order valence-corrected chi connectivity index (χ4v) is 2.63. The summed E-state index contributed by atoms with van der Waals surface area (Å²) >= 11 is 0. The molecule has 0 aliphatic heterocycles. The number of benzene rings is 2. The van der Waals surface area contributed by atoms with E-state index < -0.39 is 28.6 Å². The van der Waals surface area contributed by atoms with Crippen molar-refractivity contribution in [2.75, 3.05) is 12.4 Å². The second kappa shape index (κ2) is 5.40. The number of carbonyl (C=O) groups is 1. The Balaban J connectivity index is 1.92. The maximum Gasteiger partial charge on any atom is 0.235 e. The van der Waals surface area contributed by atoms with E-state index in [1.165, 1.54) is 13.2 Å². The number of ether oxygens (including phenoxy) is 1. The Bertz CT molecular complexity index is 706. The zero-order valence-electron chi connectivity index (χ0n) is 12.0. The molecule has 5 heteroatoms. The molecule has 0 saturated heterocycles. The van der Waals surface area contributed by atoms with Gasteiger partial charge in [-0.1, -0.05) is 24.3 Å². The molecule has 0 aromatic heterocycles. The van der Waals surface area contributed by atoms with E-state index in [-0.39, 0.29) is 0 Å². The van der Waals surface area contributed by atoms with Gasteiger partial charge in [-0.2, -0.15) is 0 Å². The van der Waals surface area contributed by atoms with Crippen molar-refractivity contribution in [3.8, 4) is 5.75 Å². The average Bonchev–Trinajstić information content (AvgIpc) is 3.32. The van der Waals surface area contributed by atoms with Crippen LogP contribution < -0.4 is 10.1 Å². The van der Waals surface area contributed by atoms with Gasteiger partial charge in [-0.15, -0.1) is 0 Å². The summed E-state index contributed by atoms with van der Waals surface area (Å²) in [6, 6.07) is 10.7. The van der Waals surface area contributed by atoms with Gasteiger partial charge in [0.15, 0.2) is 0 Å². The van der Waals surface area contributed by atoms with Gasteiger partial charge in [0, 0.05) is 5.56 Å². The van der Waals surface area contributed by atoms with E-state index in [0.717, 1.165) is 17.7 Å². The van der Waals surface area contributed by atoms with Crippen LogP contribution in [0.5, 0.6) is 5.75 Å². The minimum Gasteiger partial charge on any atom is -0.496 e. The smallest absolute Gasteiger partial charge is 0.235 e. The van der Waals surface area contributed by atoms with Gasteiger partial charge in [-0.05, 0) is 31.0 Å². The molecule has 1 aliphatic rings. The van der Waals surface area contributed by atoms with E-state index in [9.17, 15) is 13.6 Å². The number of rotatable bonds is 4. The van der Waals surface area contributed by atoms with Crippen LogP contribution in [0.4, 0.5) is 14.5 Å². The van der Waals surface area contributed by atoms with Gasteiger partial charge >= 0.3 is 0 Å². The molecule has 22 heavy (non-hydrogen) atoms. The summed E-state index contributed by atoms with van der Waals surface area (Å²) in [5, 5.41) is 2.39. The van der Waals surface area contributed by atoms with Gasteiger partial charge in [0.2, 0.25) is 5.91 Å². The maximum atomic E-state index is 13.7. The standard InChI is InChI=1S/C17H15F2NO2/c1-22-14-8-3-2-5-11(14)17(9-10-17)16(21)20-15-12(18)6-4-7-13(15)19/h2-8H,9-10H2,1H3,(H,20,21). The van der Waals surface area contributed by atoms with Crippen LogP contribution in [0.1, 0.15) is 18.4 Å². The Hall–Kier alpha value is -2.43. The molecule has 2 aromatic rings. The third-order valence-corrected chi connectivity index (χ3v) is 4.01. The van der Waals surface area contributed by atoms with E-state index in [1.807, 2.05) is 18.2 Å². The molecule has 0 radical (unpaired) electrons. The lowest BCUT2D eigenvalue weighted by Gasteiger charge is -2.19. The molecule has 1 aliphatic carbocycles. The first-order chi connectivity index (χ1) is 10.6. The lowest BCUT2D eigenvalue weighted by molar-refractivity contribution is -0.118. The quantitative estimate of drug-likeness (QED) is 0.936. The van der Waals surface area contributed by atoms with Crippen molar-refractivity contribution >= 4 is 11.6 Å². The summed E-state index contributed by atoms with van der Waals surface area (Å²) < 4.78 is 32.7. The Kier molecular flexibility index (Phi) is 3.56. The molecular weight excluding hydrogens is 288 g/mol. The van der Waals surface area contributed by atoms with Crippen molar-refractivity contribution in [2.24, 2.45) is 0 Å². The first kappa shape index (κ1) is 14.5. The predicted molar refractivity (Wildman–Crippen MR) is 78.9 cm³/mol. The molecule has 114 valence electrons. The van der Waals surface area contributed by atoms with Crippen LogP contribution in [0.25, 0.3) is 0 Å². The Morgan fingerprint density at radius 2 is 1.73 bits per heavy atom. The molecule has 1 saturated carbocycles. The summed E-state index contributed by atoms with van der Waals surface area (Å²) in [6.45, 7) is 0. The van der Waals surface area contributed by atoms with Crippen molar-refractivity contribution in [1.82, 2.24) is 0 Å². The van der Waals surface area contributed by atoms with Crippen LogP contribution >= 0.6 is 0 Å². The number of para-hydroxylation sites is 2. The number of anilines is 1. The molecule has 3 nitrogen and oxygen atoms in total. The largest absolute Gasteiger partial charge is 0.496 e. The molecule has 2 aromatic carbocycles. The topological polar surface area (TPSA) is 38.3 Å². The molecule has 3 rings (SSSR count). The van der Waals surface area contributed by atoms with Crippen molar-refractivity contribution in [3.63, 3.8) is 0 Å². The van der Waals surface area contributed by atoms with Gasteiger partial charge in [-0.25, -0.2) is 8.78 Å². The summed E-state index contributed by atoms with van der Waals surface area (Å²) in [7, 11) is 1.53. The van der Waals surface area contributed by atoms with E-state index >= 15 is 0 Å². The second-order valence-corrected chi connectivity index (χ2v) is 5.33. The fourth-order valence-electron chi connectivity index (χ4n) is 2.63. The van der Waals surface area contributed by atoms with E-state index in [2.05, 4.69) is 5.32 Å². The highest BCUT2D eigenvalue weighted by Crippen LogP contribution is 2.52. The first-order valence-electron chi connectivity index (χ1n) is 6.97. The van der Waals surface area contributed by atoms with Crippen LogP contribution in [-0.4, -0.2) is 13.0 Å². The van der Waals surface area contributed by atoms with E-state index in [1.54, 1.807) is 6.07 Å². The van der Waals surface area contributed by atoms with Crippen LogP contribution in [0.15, 0.2) is 42.5 Å². The summed E-state index contributed by atoms with van der Waals surface area (Å²) in [4.78, 5) is 12.6. The van der Waals surface area contributed by atoms with E-state index in [0.29, 0.717) is 18.6 Å². The summed E-state index contributed by atoms with van der Waals surface area (Å²) in [5.74, 6) is -1.39. The van der Waals surface area contributed by atoms with Gasteiger partial charge in [0.05, 0.1) is 12.5 Å². The Morgan fingerprint density at radius 1 is 1.09 bits per heavy atom. The van der Waals surface area contributed by atoms with Crippen LogP contribution in [0.2, 0.25) is 0 Å². The molecule has 0 unspecified atom stereocenters.